The molecule has 0 aromatic rings. The molecule has 11 heteroatoms. The van der Waals surface area contributed by atoms with Gasteiger partial charge in [-0.1, -0.05) is 294 Å². The third kappa shape index (κ3) is 47.4. The van der Waals surface area contributed by atoms with Gasteiger partial charge < -0.3 is 45.1 Å². The van der Waals surface area contributed by atoms with E-state index in [0.29, 0.717) is 19.3 Å². The molecule has 6 N–H and O–H groups in total. The SMILES string of the molecule is CCCCC/C=C\C/C=C\CCCCCCCCCC(=O)OC1C(OCC(NC(=O)C(O)CCCCCCCCCCCCCCCC/C=C/CCCCCCCC)C(O)/C=C/CCCCCCCCCCCCC)OC(CO)C(O)C1O. The van der Waals surface area contributed by atoms with Crippen molar-refractivity contribution in [3.63, 3.8) is 0 Å². The largest absolute Gasteiger partial charge is 0.454 e. The third-order valence-electron chi connectivity index (χ3n) is 16.7. The van der Waals surface area contributed by atoms with Gasteiger partial charge >= 0.3 is 5.97 Å². The Morgan fingerprint density at radius 3 is 1.27 bits per heavy atom. The summed E-state index contributed by atoms with van der Waals surface area (Å²) in [5.74, 6) is -1.19. The van der Waals surface area contributed by atoms with E-state index in [2.05, 4.69) is 62.5 Å². The van der Waals surface area contributed by atoms with Crippen LogP contribution in [0.2, 0.25) is 0 Å². The number of aliphatic hydroxyl groups excluding tert-OH is 5. The first kappa shape index (κ1) is 78.6. The van der Waals surface area contributed by atoms with Gasteiger partial charge in [-0.15, -0.1) is 0 Å². The highest BCUT2D eigenvalue weighted by atomic mass is 16.7. The van der Waals surface area contributed by atoms with E-state index in [1.165, 1.54) is 212 Å². The maximum Gasteiger partial charge on any atom is 0.306 e. The summed E-state index contributed by atoms with van der Waals surface area (Å²) in [6, 6.07) is -1.03. The average molecular weight is 1170 g/mol. The Hall–Kier alpha value is -2.38. The number of carbonyl (C=O) groups is 2. The van der Waals surface area contributed by atoms with Crippen LogP contribution in [0, 0.1) is 0 Å². The second-order valence-electron chi connectivity index (χ2n) is 24.6. The normalized spacial score (nSPS) is 18.8. The molecule has 1 aliphatic heterocycles. The van der Waals surface area contributed by atoms with Crippen molar-refractivity contribution < 1.29 is 49.3 Å². The van der Waals surface area contributed by atoms with Crippen molar-refractivity contribution in [3.05, 3.63) is 48.6 Å². The van der Waals surface area contributed by atoms with Crippen LogP contribution in [0.15, 0.2) is 48.6 Å². The predicted octanol–water partition coefficient (Wildman–Crippen LogP) is 18.0. The van der Waals surface area contributed by atoms with Crippen LogP contribution in [-0.4, -0.2) is 99.6 Å². The summed E-state index contributed by atoms with van der Waals surface area (Å²) in [7, 11) is 0. The van der Waals surface area contributed by atoms with Crippen LogP contribution in [0.25, 0.3) is 0 Å². The summed E-state index contributed by atoms with van der Waals surface area (Å²) in [6.07, 6.45) is 64.3. The highest BCUT2D eigenvalue weighted by Crippen LogP contribution is 2.26. The smallest absolute Gasteiger partial charge is 0.306 e. The zero-order valence-corrected chi connectivity index (χ0v) is 54.1. The minimum atomic E-state index is -1.62. The van der Waals surface area contributed by atoms with Crippen LogP contribution in [-0.2, 0) is 23.8 Å². The molecule has 1 rings (SSSR count). The molecule has 0 aromatic heterocycles. The molecular weight excluding hydrogens is 1040 g/mol. The number of hydrogen-bond donors (Lipinski definition) is 6. The highest BCUT2D eigenvalue weighted by Gasteiger charge is 2.47. The molecule has 0 radical (unpaired) electrons. The van der Waals surface area contributed by atoms with Gasteiger partial charge in [0.25, 0.3) is 0 Å². The van der Waals surface area contributed by atoms with Gasteiger partial charge in [0.1, 0.15) is 24.4 Å². The molecule has 0 bridgehead atoms. The number of esters is 1. The van der Waals surface area contributed by atoms with Crippen LogP contribution >= 0.6 is 0 Å². The van der Waals surface area contributed by atoms with E-state index in [-0.39, 0.29) is 13.0 Å². The summed E-state index contributed by atoms with van der Waals surface area (Å²) < 4.78 is 17.7. The molecule has 1 fully saturated rings. The molecule has 8 atom stereocenters. The molecule has 0 aromatic carbocycles. The molecule has 11 nitrogen and oxygen atoms in total. The first-order valence-electron chi connectivity index (χ1n) is 35.4. The van der Waals surface area contributed by atoms with E-state index in [1.54, 1.807) is 6.08 Å². The van der Waals surface area contributed by atoms with E-state index >= 15 is 0 Å². The molecule has 8 unspecified atom stereocenters. The number of rotatable bonds is 61. The van der Waals surface area contributed by atoms with E-state index in [0.717, 1.165) is 77.0 Å². The Labute approximate surface area is 510 Å². The van der Waals surface area contributed by atoms with Crippen molar-refractivity contribution in [3.8, 4) is 0 Å². The zero-order valence-electron chi connectivity index (χ0n) is 54.1. The van der Waals surface area contributed by atoms with Gasteiger partial charge in [0.15, 0.2) is 12.4 Å². The fourth-order valence-electron chi connectivity index (χ4n) is 11.1. The lowest BCUT2D eigenvalue weighted by molar-refractivity contribution is -0.305. The first-order valence-corrected chi connectivity index (χ1v) is 35.4. The minimum Gasteiger partial charge on any atom is -0.454 e. The van der Waals surface area contributed by atoms with Crippen LogP contribution in [0.3, 0.4) is 0 Å². The molecule has 1 heterocycles. The fraction of sp³-hybridized carbons (Fsp3) is 0.861. The van der Waals surface area contributed by atoms with Crippen molar-refractivity contribution in [2.75, 3.05) is 13.2 Å². The van der Waals surface area contributed by atoms with E-state index in [9.17, 15) is 35.1 Å². The summed E-state index contributed by atoms with van der Waals surface area (Å²) in [6.45, 7) is 5.80. The Kier molecular flexibility index (Phi) is 56.8. The summed E-state index contributed by atoms with van der Waals surface area (Å²) >= 11 is 0. The molecule has 1 aliphatic rings. The Morgan fingerprint density at radius 1 is 0.470 bits per heavy atom. The standard InChI is InChI=1S/C72H133NO10/c1-4-7-10-13-16-19-22-25-27-29-30-31-32-33-34-35-37-38-41-44-47-50-53-56-59-65(76)71(80)73-63(64(75)58-55-52-49-46-43-40-24-21-18-15-12-9-6-3)62-81-72-70(69(79)68(78)66(61-74)82-72)83-67(77)60-57-54-51-48-45-42-39-36-28-26-23-20-17-14-11-8-5-2/h17,20,25-28,55,58,63-66,68-70,72,74-76,78-79H,4-16,18-19,21-24,29-54,56-57,59-62H2,1-3H3,(H,73,80)/b20-17-,27-25+,28-26-,58-55+. The molecule has 1 amide bonds. The van der Waals surface area contributed by atoms with E-state index in [4.69, 9.17) is 14.2 Å². The molecule has 0 spiro atoms. The molecule has 0 saturated carbocycles. The highest BCUT2D eigenvalue weighted by molar-refractivity contribution is 5.80. The number of hydrogen-bond acceptors (Lipinski definition) is 10. The number of aliphatic hydroxyl groups is 5. The second kappa shape index (κ2) is 59.9. The van der Waals surface area contributed by atoms with E-state index in [1.807, 2.05) is 6.08 Å². The molecule has 1 saturated heterocycles. The van der Waals surface area contributed by atoms with Crippen molar-refractivity contribution in [2.24, 2.45) is 0 Å². The van der Waals surface area contributed by atoms with Crippen LogP contribution < -0.4 is 5.32 Å². The van der Waals surface area contributed by atoms with Crippen LogP contribution in [0.1, 0.15) is 335 Å². The molecule has 0 aliphatic carbocycles. The number of ether oxygens (including phenoxy) is 3. The van der Waals surface area contributed by atoms with Crippen molar-refractivity contribution in [2.45, 2.75) is 384 Å². The first-order chi connectivity index (χ1) is 40.7. The number of carbonyl (C=O) groups excluding carboxylic acids is 2. The molecule has 486 valence electrons. The number of amides is 1. The van der Waals surface area contributed by atoms with Gasteiger partial charge in [-0.25, -0.2) is 0 Å². The monoisotopic (exact) mass is 1170 g/mol. The zero-order chi connectivity index (χ0) is 60.3. The fourth-order valence-corrected chi connectivity index (χ4v) is 11.1. The summed E-state index contributed by atoms with van der Waals surface area (Å²) in [5, 5.41) is 57.2. The minimum absolute atomic E-state index is 0.116. The Bertz CT molecular complexity index is 1540. The van der Waals surface area contributed by atoms with Gasteiger partial charge in [0.05, 0.1) is 25.4 Å². The summed E-state index contributed by atoms with van der Waals surface area (Å²) in [4.78, 5) is 26.7. The third-order valence-corrected chi connectivity index (χ3v) is 16.7. The van der Waals surface area contributed by atoms with Gasteiger partial charge in [0, 0.05) is 6.42 Å². The topological polar surface area (TPSA) is 175 Å². The van der Waals surface area contributed by atoms with Crippen LogP contribution in [0.4, 0.5) is 0 Å². The number of nitrogens with one attached hydrogen (secondary N) is 1. The molecule has 83 heavy (non-hydrogen) atoms. The van der Waals surface area contributed by atoms with Gasteiger partial charge in [0.2, 0.25) is 5.91 Å². The van der Waals surface area contributed by atoms with Crippen molar-refractivity contribution in [1.29, 1.82) is 0 Å². The van der Waals surface area contributed by atoms with Gasteiger partial charge in [-0.3, -0.25) is 9.59 Å². The van der Waals surface area contributed by atoms with Gasteiger partial charge in [-0.2, -0.15) is 0 Å². The Morgan fingerprint density at radius 2 is 0.831 bits per heavy atom. The lowest BCUT2D eigenvalue weighted by Gasteiger charge is -2.41. The second-order valence-corrected chi connectivity index (χ2v) is 24.6. The number of unbranched alkanes of at least 4 members (excludes halogenated alkanes) is 41. The van der Waals surface area contributed by atoms with Crippen LogP contribution in [0.5, 0.6) is 0 Å². The summed E-state index contributed by atoms with van der Waals surface area (Å²) in [5.41, 5.74) is 0. The predicted molar refractivity (Wildman–Crippen MR) is 347 cm³/mol. The maximum absolute atomic E-state index is 13.5. The van der Waals surface area contributed by atoms with Gasteiger partial charge in [-0.05, 0) is 83.5 Å². The maximum atomic E-state index is 13.5. The lowest BCUT2D eigenvalue weighted by atomic mass is 9.99. The quantitative estimate of drug-likeness (QED) is 0.0195. The Balaban J connectivity index is 2.59. The lowest BCUT2D eigenvalue weighted by Crippen LogP contribution is -2.61. The molecular formula is C72H133NO10. The van der Waals surface area contributed by atoms with E-state index < -0.39 is 67.4 Å². The van der Waals surface area contributed by atoms with Crippen molar-refractivity contribution in [1.82, 2.24) is 5.32 Å². The number of allylic oxidation sites excluding steroid dienone is 7. The average Bonchev–Trinajstić information content (AvgIpc) is 3.58. The van der Waals surface area contributed by atoms with Crippen molar-refractivity contribution >= 4 is 11.9 Å².